The molecule has 1 aromatic carbocycles. The lowest BCUT2D eigenvalue weighted by molar-refractivity contribution is -0.150. The van der Waals surface area contributed by atoms with Crippen LogP contribution in [-0.4, -0.2) is 40.5 Å². The zero-order valence-electron chi connectivity index (χ0n) is 14.1. The molecule has 1 aliphatic rings. The fourth-order valence-electron chi connectivity index (χ4n) is 3.32. The maximum Gasteiger partial charge on any atom is 0.310 e. The molecule has 2 atom stereocenters. The molecule has 2 aromatic rings. The fraction of sp³-hybridized carbons (Fsp3) is 0.556. The first kappa shape index (κ1) is 16.0. The van der Waals surface area contributed by atoms with Crippen molar-refractivity contribution in [2.24, 2.45) is 5.92 Å². The van der Waals surface area contributed by atoms with Crippen LogP contribution in [0.5, 0.6) is 0 Å². The number of hydrogen-bond donors (Lipinski definition) is 1. The number of carbonyl (C=O) groups is 1. The predicted molar refractivity (Wildman–Crippen MR) is 90.2 cm³/mol. The molecule has 0 spiro atoms. The third-order valence-corrected chi connectivity index (χ3v) is 4.67. The van der Waals surface area contributed by atoms with Crippen LogP contribution in [0.25, 0.3) is 11.0 Å². The molecule has 0 saturated carbocycles. The molecule has 124 valence electrons. The molecule has 5 heteroatoms. The van der Waals surface area contributed by atoms with Crippen LogP contribution in [0.15, 0.2) is 18.2 Å². The quantitative estimate of drug-likeness (QED) is 0.880. The number of nitrogens with one attached hydrogen (secondary N) is 1. The van der Waals surface area contributed by atoms with Gasteiger partial charge in [0, 0.05) is 6.54 Å². The van der Waals surface area contributed by atoms with Gasteiger partial charge in [-0.15, -0.1) is 0 Å². The van der Waals surface area contributed by atoms with Crippen LogP contribution in [0.4, 0.5) is 0 Å². The number of carbonyl (C=O) groups excluding carboxylic acids is 1. The van der Waals surface area contributed by atoms with E-state index >= 15 is 0 Å². The van der Waals surface area contributed by atoms with Crippen LogP contribution in [0.2, 0.25) is 0 Å². The van der Waals surface area contributed by atoms with Gasteiger partial charge in [0.1, 0.15) is 5.82 Å². The number of aryl methyl sites for hydroxylation is 1. The number of fused-ring (bicyclic) bond motifs is 1. The summed E-state index contributed by atoms with van der Waals surface area (Å²) < 4.78 is 5.19. The van der Waals surface area contributed by atoms with E-state index in [9.17, 15) is 4.79 Å². The van der Waals surface area contributed by atoms with Gasteiger partial charge in [-0.25, -0.2) is 4.98 Å². The maximum absolute atomic E-state index is 12.0. The molecule has 1 N–H and O–H groups in total. The second kappa shape index (κ2) is 6.71. The van der Waals surface area contributed by atoms with Crippen molar-refractivity contribution < 1.29 is 9.53 Å². The van der Waals surface area contributed by atoms with Crippen LogP contribution in [-0.2, 0) is 9.53 Å². The predicted octanol–water partition coefficient (Wildman–Crippen LogP) is 3.21. The number of likely N-dealkylation sites (tertiary alicyclic amines) is 1. The van der Waals surface area contributed by atoms with E-state index in [4.69, 9.17) is 9.72 Å². The molecular weight excluding hydrogens is 290 g/mol. The van der Waals surface area contributed by atoms with E-state index in [1.54, 1.807) is 0 Å². The third-order valence-electron chi connectivity index (χ3n) is 4.67. The molecule has 3 rings (SSSR count). The van der Waals surface area contributed by atoms with E-state index in [0.717, 1.165) is 42.8 Å². The Morgan fingerprint density at radius 2 is 2.35 bits per heavy atom. The molecule has 2 heterocycles. The minimum absolute atomic E-state index is 0.0160. The Balaban J connectivity index is 1.75. The SMILES string of the molecule is CCOC(=O)C1CCCN(C(C)c2nc3ccc(C)cc3[nH]2)C1. The molecule has 0 radical (unpaired) electrons. The minimum atomic E-state index is -0.0652. The molecule has 0 amide bonds. The van der Waals surface area contributed by atoms with Crippen molar-refractivity contribution >= 4 is 17.0 Å². The van der Waals surface area contributed by atoms with Crippen molar-refractivity contribution in [2.75, 3.05) is 19.7 Å². The van der Waals surface area contributed by atoms with Gasteiger partial charge in [-0.1, -0.05) is 6.07 Å². The number of aromatic amines is 1. The van der Waals surface area contributed by atoms with Gasteiger partial charge < -0.3 is 9.72 Å². The molecule has 1 fully saturated rings. The van der Waals surface area contributed by atoms with Crippen molar-refractivity contribution in [1.29, 1.82) is 0 Å². The molecule has 1 aromatic heterocycles. The summed E-state index contributed by atoms with van der Waals surface area (Å²) in [6.07, 6.45) is 1.94. The van der Waals surface area contributed by atoms with Crippen LogP contribution in [0.3, 0.4) is 0 Å². The normalized spacial score (nSPS) is 20.6. The molecule has 23 heavy (non-hydrogen) atoms. The number of H-pyrrole nitrogens is 1. The first-order chi connectivity index (χ1) is 11.1. The van der Waals surface area contributed by atoms with E-state index < -0.39 is 0 Å². The Hall–Kier alpha value is -1.88. The van der Waals surface area contributed by atoms with E-state index in [2.05, 4.69) is 41.9 Å². The molecule has 0 bridgehead atoms. The van der Waals surface area contributed by atoms with E-state index in [-0.39, 0.29) is 17.9 Å². The topological polar surface area (TPSA) is 58.2 Å². The molecule has 0 aliphatic carbocycles. The standard InChI is InChI=1S/C18H25N3O2/c1-4-23-18(22)14-6-5-9-21(11-14)13(3)17-19-15-8-7-12(2)10-16(15)20-17/h7-8,10,13-14H,4-6,9,11H2,1-3H3,(H,19,20). The summed E-state index contributed by atoms with van der Waals surface area (Å²) >= 11 is 0. The minimum Gasteiger partial charge on any atom is -0.466 e. The lowest BCUT2D eigenvalue weighted by atomic mass is 9.97. The summed E-state index contributed by atoms with van der Waals surface area (Å²) in [5.74, 6) is 0.887. The Labute approximate surface area is 137 Å². The Morgan fingerprint density at radius 3 is 3.13 bits per heavy atom. The number of aromatic nitrogens is 2. The second-order valence-corrected chi connectivity index (χ2v) is 6.40. The Morgan fingerprint density at radius 1 is 1.52 bits per heavy atom. The van der Waals surface area contributed by atoms with Gasteiger partial charge in [-0.2, -0.15) is 0 Å². The highest BCUT2D eigenvalue weighted by Gasteiger charge is 2.30. The second-order valence-electron chi connectivity index (χ2n) is 6.40. The molecule has 1 saturated heterocycles. The van der Waals surface area contributed by atoms with Crippen molar-refractivity contribution in [2.45, 2.75) is 39.7 Å². The average Bonchev–Trinajstić information content (AvgIpc) is 2.97. The van der Waals surface area contributed by atoms with Crippen LogP contribution in [0, 0.1) is 12.8 Å². The van der Waals surface area contributed by atoms with E-state index in [1.807, 2.05) is 6.92 Å². The van der Waals surface area contributed by atoms with Gasteiger partial charge in [-0.05, 0) is 57.9 Å². The van der Waals surface area contributed by atoms with Gasteiger partial charge >= 0.3 is 5.97 Å². The Bertz CT molecular complexity index is 695. The number of esters is 1. The van der Waals surface area contributed by atoms with E-state index in [0.29, 0.717) is 6.61 Å². The van der Waals surface area contributed by atoms with Gasteiger partial charge in [-0.3, -0.25) is 9.69 Å². The first-order valence-electron chi connectivity index (χ1n) is 8.45. The Kier molecular flexibility index (Phi) is 4.66. The van der Waals surface area contributed by atoms with Crippen LogP contribution >= 0.6 is 0 Å². The lowest BCUT2D eigenvalue weighted by Gasteiger charge is -2.34. The number of benzene rings is 1. The summed E-state index contributed by atoms with van der Waals surface area (Å²) in [6.45, 7) is 8.28. The summed E-state index contributed by atoms with van der Waals surface area (Å²) in [4.78, 5) is 22.5. The molecule has 1 aliphatic heterocycles. The van der Waals surface area contributed by atoms with Crippen molar-refractivity contribution in [3.8, 4) is 0 Å². The largest absolute Gasteiger partial charge is 0.466 e. The average molecular weight is 315 g/mol. The number of rotatable bonds is 4. The van der Waals surface area contributed by atoms with Crippen LogP contribution < -0.4 is 0 Å². The van der Waals surface area contributed by atoms with Crippen molar-refractivity contribution in [3.05, 3.63) is 29.6 Å². The summed E-state index contributed by atoms with van der Waals surface area (Å²) in [5, 5.41) is 0. The number of piperidine rings is 1. The zero-order chi connectivity index (χ0) is 16.4. The molecule has 2 unspecified atom stereocenters. The van der Waals surface area contributed by atoms with Gasteiger partial charge in [0.15, 0.2) is 0 Å². The number of nitrogens with zero attached hydrogens (tertiary/aromatic N) is 2. The number of ether oxygens (including phenoxy) is 1. The summed E-state index contributed by atoms with van der Waals surface area (Å²) in [6, 6.07) is 6.42. The van der Waals surface area contributed by atoms with Gasteiger partial charge in [0.25, 0.3) is 0 Å². The molecule has 5 nitrogen and oxygen atoms in total. The van der Waals surface area contributed by atoms with Gasteiger partial charge in [0.2, 0.25) is 0 Å². The number of hydrogen-bond acceptors (Lipinski definition) is 4. The fourth-order valence-corrected chi connectivity index (χ4v) is 3.32. The summed E-state index contributed by atoms with van der Waals surface area (Å²) in [5.41, 5.74) is 3.29. The lowest BCUT2D eigenvalue weighted by Crippen LogP contribution is -2.40. The first-order valence-corrected chi connectivity index (χ1v) is 8.45. The van der Waals surface area contributed by atoms with E-state index in [1.165, 1.54) is 5.56 Å². The van der Waals surface area contributed by atoms with Gasteiger partial charge in [0.05, 0.1) is 29.6 Å². The highest BCUT2D eigenvalue weighted by atomic mass is 16.5. The number of imidazole rings is 1. The highest BCUT2D eigenvalue weighted by molar-refractivity contribution is 5.76. The van der Waals surface area contributed by atoms with Crippen molar-refractivity contribution in [1.82, 2.24) is 14.9 Å². The highest BCUT2D eigenvalue weighted by Crippen LogP contribution is 2.27. The summed E-state index contributed by atoms with van der Waals surface area (Å²) in [7, 11) is 0. The van der Waals surface area contributed by atoms with Crippen LogP contribution in [0.1, 0.15) is 44.1 Å². The smallest absolute Gasteiger partial charge is 0.310 e. The zero-order valence-corrected chi connectivity index (χ0v) is 14.1. The maximum atomic E-state index is 12.0. The van der Waals surface area contributed by atoms with Crippen molar-refractivity contribution in [3.63, 3.8) is 0 Å². The third kappa shape index (κ3) is 3.39. The monoisotopic (exact) mass is 315 g/mol. The molecular formula is C18H25N3O2.